The molecular weight excluding hydrogens is 254 g/mol. The largest absolute Gasteiger partial charge is 0.477 e. The minimum Gasteiger partial charge on any atom is -0.477 e. The summed E-state index contributed by atoms with van der Waals surface area (Å²) >= 11 is 0. The van der Waals surface area contributed by atoms with E-state index in [4.69, 9.17) is 5.11 Å². The van der Waals surface area contributed by atoms with Crippen molar-refractivity contribution in [2.45, 2.75) is 26.4 Å². The highest BCUT2D eigenvalue weighted by atomic mass is 16.6. The molecule has 1 aromatic rings. The molecule has 1 amide bonds. The Morgan fingerprint density at radius 2 is 2.11 bits per heavy atom. The van der Waals surface area contributed by atoms with E-state index in [0.29, 0.717) is 0 Å². The predicted octanol–water partition coefficient (Wildman–Crippen LogP) is 0.961. The van der Waals surface area contributed by atoms with Crippen LogP contribution in [0, 0.1) is 10.1 Å². The quantitative estimate of drug-likeness (QED) is 0.633. The predicted molar refractivity (Wildman–Crippen MR) is 66.0 cm³/mol. The molecule has 0 bridgehead atoms. The number of aromatic nitrogens is 1. The molecule has 0 aliphatic carbocycles. The van der Waals surface area contributed by atoms with Gasteiger partial charge in [-0.15, -0.1) is 0 Å². The average molecular weight is 269 g/mol. The number of carboxylic acids is 1. The SMILES string of the molecule is CC(C)N(C)C(=O)Cn1cc([N+](=O)[O-])cc1C(=O)O. The van der Waals surface area contributed by atoms with Crippen molar-refractivity contribution in [2.24, 2.45) is 0 Å². The third-order valence-corrected chi connectivity index (χ3v) is 2.79. The van der Waals surface area contributed by atoms with E-state index in [1.54, 1.807) is 7.05 Å². The summed E-state index contributed by atoms with van der Waals surface area (Å²) in [5.74, 6) is -1.63. The maximum atomic E-state index is 11.9. The van der Waals surface area contributed by atoms with Gasteiger partial charge in [0.2, 0.25) is 5.91 Å². The lowest BCUT2D eigenvalue weighted by atomic mass is 10.3. The molecule has 0 saturated carbocycles. The third-order valence-electron chi connectivity index (χ3n) is 2.79. The summed E-state index contributed by atoms with van der Waals surface area (Å²) in [6.45, 7) is 3.38. The van der Waals surface area contributed by atoms with Gasteiger partial charge in [0.05, 0.1) is 11.1 Å². The first-order chi connectivity index (χ1) is 8.73. The van der Waals surface area contributed by atoms with Crippen LogP contribution in [0.15, 0.2) is 12.3 Å². The molecule has 0 aliphatic heterocycles. The lowest BCUT2D eigenvalue weighted by molar-refractivity contribution is -0.384. The van der Waals surface area contributed by atoms with Crippen molar-refractivity contribution in [3.05, 3.63) is 28.1 Å². The van der Waals surface area contributed by atoms with Gasteiger partial charge in [-0.1, -0.05) is 0 Å². The zero-order valence-corrected chi connectivity index (χ0v) is 10.9. The number of amides is 1. The molecule has 1 N–H and O–H groups in total. The summed E-state index contributed by atoms with van der Waals surface area (Å²) in [5.41, 5.74) is -0.630. The number of likely N-dealkylation sites (N-methyl/N-ethyl adjacent to an activating group) is 1. The van der Waals surface area contributed by atoms with Crippen LogP contribution in [0.25, 0.3) is 0 Å². The lowest BCUT2D eigenvalue weighted by Gasteiger charge is -2.21. The number of hydrogen-bond acceptors (Lipinski definition) is 4. The van der Waals surface area contributed by atoms with E-state index in [2.05, 4.69) is 0 Å². The lowest BCUT2D eigenvalue weighted by Crippen LogP contribution is -2.35. The molecule has 0 radical (unpaired) electrons. The van der Waals surface area contributed by atoms with E-state index in [1.807, 2.05) is 13.8 Å². The molecule has 1 aromatic heterocycles. The number of aromatic carboxylic acids is 1. The van der Waals surface area contributed by atoms with Gasteiger partial charge >= 0.3 is 5.97 Å². The first kappa shape index (κ1) is 14.7. The number of rotatable bonds is 5. The molecule has 19 heavy (non-hydrogen) atoms. The van der Waals surface area contributed by atoms with Gasteiger partial charge in [0.1, 0.15) is 12.2 Å². The number of hydrogen-bond donors (Lipinski definition) is 1. The third kappa shape index (κ3) is 3.30. The van der Waals surface area contributed by atoms with Crippen LogP contribution in [-0.4, -0.2) is 44.5 Å². The van der Waals surface area contributed by atoms with Gasteiger partial charge in [0.15, 0.2) is 0 Å². The van der Waals surface area contributed by atoms with Crippen molar-refractivity contribution >= 4 is 17.6 Å². The van der Waals surface area contributed by atoms with Crippen LogP contribution >= 0.6 is 0 Å². The topological polar surface area (TPSA) is 106 Å². The zero-order valence-electron chi connectivity index (χ0n) is 10.9. The summed E-state index contributed by atoms with van der Waals surface area (Å²) in [6.07, 6.45) is 1.05. The monoisotopic (exact) mass is 269 g/mol. The van der Waals surface area contributed by atoms with Crippen molar-refractivity contribution in [1.29, 1.82) is 0 Å². The fourth-order valence-corrected chi connectivity index (χ4v) is 1.45. The molecule has 0 saturated heterocycles. The molecule has 0 atom stereocenters. The highest BCUT2D eigenvalue weighted by Gasteiger charge is 2.21. The van der Waals surface area contributed by atoms with Crippen molar-refractivity contribution < 1.29 is 19.6 Å². The van der Waals surface area contributed by atoms with Crippen molar-refractivity contribution in [3.8, 4) is 0 Å². The number of carboxylic acid groups (broad SMARTS) is 1. The number of carbonyl (C=O) groups is 2. The highest BCUT2D eigenvalue weighted by molar-refractivity contribution is 5.88. The molecule has 104 valence electrons. The summed E-state index contributed by atoms with van der Waals surface area (Å²) < 4.78 is 1.07. The fourth-order valence-electron chi connectivity index (χ4n) is 1.45. The Morgan fingerprint density at radius 3 is 2.53 bits per heavy atom. The molecule has 8 heteroatoms. The first-order valence-corrected chi connectivity index (χ1v) is 5.57. The first-order valence-electron chi connectivity index (χ1n) is 5.57. The standard InChI is InChI=1S/C11H15N3O5/c1-7(2)12(3)10(15)6-13-5-8(14(18)19)4-9(13)11(16)17/h4-5,7H,6H2,1-3H3,(H,16,17). The summed E-state index contributed by atoms with van der Waals surface area (Å²) in [6, 6.07) is 0.900. The van der Waals surface area contributed by atoms with Gasteiger partial charge < -0.3 is 14.6 Å². The van der Waals surface area contributed by atoms with Crippen LogP contribution in [0.5, 0.6) is 0 Å². The fraction of sp³-hybridized carbons (Fsp3) is 0.455. The molecule has 8 nitrogen and oxygen atoms in total. The normalized spacial score (nSPS) is 10.5. The van der Waals surface area contributed by atoms with E-state index < -0.39 is 10.9 Å². The van der Waals surface area contributed by atoms with E-state index >= 15 is 0 Å². The zero-order chi connectivity index (χ0) is 14.7. The Kier molecular flexibility index (Phi) is 4.26. The Bertz CT molecular complexity index is 520. The Balaban J connectivity index is 3.03. The minimum atomic E-state index is -1.31. The van der Waals surface area contributed by atoms with Crippen LogP contribution in [0.3, 0.4) is 0 Å². The average Bonchev–Trinajstić information content (AvgIpc) is 2.71. The molecule has 1 heterocycles. The molecule has 0 aromatic carbocycles. The summed E-state index contributed by atoms with van der Waals surface area (Å²) in [4.78, 5) is 34.2. The van der Waals surface area contributed by atoms with E-state index in [1.165, 1.54) is 4.90 Å². The molecule has 0 fully saturated rings. The number of nitrogens with zero attached hydrogens (tertiary/aromatic N) is 3. The second-order valence-electron chi connectivity index (χ2n) is 4.37. The number of nitro groups is 1. The highest BCUT2D eigenvalue weighted by Crippen LogP contribution is 2.17. The second-order valence-corrected chi connectivity index (χ2v) is 4.37. The summed E-state index contributed by atoms with van der Waals surface area (Å²) in [7, 11) is 1.59. The maximum absolute atomic E-state index is 11.9. The van der Waals surface area contributed by atoms with Gasteiger partial charge in [0.25, 0.3) is 5.69 Å². The van der Waals surface area contributed by atoms with Gasteiger partial charge in [0, 0.05) is 19.2 Å². The van der Waals surface area contributed by atoms with Gasteiger partial charge in [-0.3, -0.25) is 14.9 Å². The molecule has 0 aliphatic rings. The van der Waals surface area contributed by atoms with Crippen LogP contribution in [-0.2, 0) is 11.3 Å². The van der Waals surface area contributed by atoms with Crippen LogP contribution in [0.1, 0.15) is 24.3 Å². The Hall–Kier alpha value is -2.38. The van der Waals surface area contributed by atoms with Crippen molar-refractivity contribution in [3.63, 3.8) is 0 Å². The molecule has 0 spiro atoms. The van der Waals surface area contributed by atoms with E-state index in [-0.39, 0.29) is 29.9 Å². The molecular formula is C11H15N3O5. The Morgan fingerprint density at radius 1 is 1.53 bits per heavy atom. The molecule has 0 unspecified atom stereocenters. The van der Waals surface area contributed by atoms with Gasteiger partial charge in [-0.05, 0) is 13.8 Å². The van der Waals surface area contributed by atoms with Gasteiger partial charge in [-0.25, -0.2) is 4.79 Å². The Labute approximate surface area is 109 Å². The van der Waals surface area contributed by atoms with Crippen LogP contribution < -0.4 is 0 Å². The second kappa shape index (κ2) is 5.51. The van der Waals surface area contributed by atoms with Crippen LogP contribution in [0.4, 0.5) is 5.69 Å². The smallest absolute Gasteiger partial charge is 0.352 e. The summed E-state index contributed by atoms with van der Waals surface area (Å²) in [5, 5.41) is 19.6. The maximum Gasteiger partial charge on any atom is 0.352 e. The van der Waals surface area contributed by atoms with E-state index in [0.717, 1.165) is 16.8 Å². The van der Waals surface area contributed by atoms with Crippen molar-refractivity contribution in [2.75, 3.05) is 7.05 Å². The minimum absolute atomic E-state index is 0.0358. The van der Waals surface area contributed by atoms with Crippen LogP contribution in [0.2, 0.25) is 0 Å². The van der Waals surface area contributed by atoms with E-state index in [9.17, 15) is 19.7 Å². The number of carbonyl (C=O) groups excluding carboxylic acids is 1. The molecule has 1 rings (SSSR count). The van der Waals surface area contributed by atoms with Gasteiger partial charge in [-0.2, -0.15) is 0 Å². The van der Waals surface area contributed by atoms with Crippen molar-refractivity contribution in [1.82, 2.24) is 9.47 Å².